The molecule has 19 atom stereocenters. The van der Waals surface area contributed by atoms with E-state index in [-0.39, 0.29) is 56.3 Å². The fraction of sp³-hybridized carbons (Fsp3) is 0.927. The van der Waals surface area contributed by atoms with Crippen molar-refractivity contribution in [3.63, 3.8) is 0 Å². The molecule has 0 aromatic carbocycles. The Hall–Kier alpha value is -1.87. The van der Waals surface area contributed by atoms with E-state index in [2.05, 4.69) is 33.9 Å². The first-order valence-corrected chi connectivity index (χ1v) is 21.1. The third-order valence-electron chi connectivity index (χ3n) is 13.4. The second-order valence-corrected chi connectivity index (χ2v) is 18.3. The van der Waals surface area contributed by atoms with Crippen molar-refractivity contribution in [3.05, 3.63) is 12.2 Å². The lowest BCUT2D eigenvalue weighted by Crippen LogP contribution is -2.61. The van der Waals surface area contributed by atoms with Crippen LogP contribution in [0.25, 0.3) is 0 Å². The number of methoxy groups -OCH3 is 1. The van der Waals surface area contributed by atoms with Gasteiger partial charge < -0.3 is 58.3 Å². The molecule has 0 aliphatic carbocycles. The molecule has 58 heavy (non-hydrogen) atoms. The molecule has 4 aliphatic rings. The first-order valence-electron chi connectivity index (χ1n) is 21.1. The molecule has 0 unspecified atom stereocenters. The van der Waals surface area contributed by atoms with Gasteiger partial charge in [0.15, 0.2) is 12.6 Å². The molecule has 0 bridgehead atoms. The van der Waals surface area contributed by atoms with Gasteiger partial charge in [-0.15, -0.1) is 0 Å². The van der Waals surface area contributed by atoms with Gasteiger partial charge in [0.05, 0.1) is 54.6 Å². The second kappa shape index (κ2) is 18.6. The van der Waals surface area contributed by atoms with Gasteiger partial charge >= 0.3 is 5.97 Å². The van der Waals surface area contributed by atoms with E-state index in [0.29, 0.717) is 12.2 Å². The highest BCUT2D eigenvalue weighted by Crippen LogP contribution is 2.49. The van der Waals surface area contributed by atoms with Gasteiger partial charge in [0.2, 0.25) is 5.79 Å². The van der Waals surface area contributed by atoms with Crippen LogP contribution in [0.3, 0.4) is 0 Å². The highest BCUT2D eigenvalue weighted by molar-refractivity contribution is 5.73. The molecule has 5 rings (SSSR count). The summed E-state index contributed by atoms with van der Waals surface area (Å²) in [6.45, 7) is 19.9. The number of aliphatic hydroxyl groups is 4. The first kappa shape index (κ1) is 47.2. The molecule has 0 saturated carbocycles. The predicted molar refractivity (Wildman–Crippen MR) is 209 cm³/mol. The van der Waals surface area contributed by atoms with Crippen LogP contribution in [-0.2, 0) is 49.3 Å². The normalized spacial score (nSPS) is 47.1. The number of epoxide rings is 1. The van der Waals surface area contributed by atoms with Crippen LogP contribution >= 0.6 is 0 Å². The summed E-state index contributed by atoms with van der Waals surface area (Å²) in [6.07, 6.45) is -7.19. The molecule has 0 amide bonds. The number of hydrogen-bond donors (Lipinski definition) is 5. The van der Waals surface area contributed by atoms with Crippen LogP contribution < -0.4 is 0 Å². The standard InChI is InChI=1S/C41H72N4O13/c1-14-28-40(11,50)34(47)23(6)32(52-18-29-42-19-43-44-29)21(4)16-39(10,49)35(57-38-31(46)27(15-22(5)53-38)45(12)20(2)3)24(7)33(25(8)37(48)55-28)56-30-17-41(51-13)36(58-41)26(9)54-30/h19-28,30-36,38,46-47,49-50H,14-18H2,1-13H3,(H,42,43,44)/t21-,22+,23+,24+,25-,26-,27-,28-,30-,31+,32+,33+,34-,35-,36-,38-,39-,40-,41-/m1/s1. The minimum Gasteiger partial charge on any atom is -0.459 e. The van der Waals surface area contributed by atoms with Crippen LogP contribution in [0.4, 0.5) is 0 Å². The number of H-pyrrole nitrogens is 1. The number of aliphatic hydroxyl groups excluding tert-OH is 2. The number of nitrogens with one attached hydrogen (secondary N) is 1. The fourth-order valence-corrected chi connectivity index (χ4v) is 9.77. The number of aromatic nitrogens is 3. The fourth-order valence-electron chi connectivity index (χ4n) is 9.77. The van der Waals surface area contributed by atoms with Crippen LogP contribution in [0.15, 0.2) is 6.33 Å². The Labute approximate surface area is 343 Å². The highest BCUT2D eigenvalue weighted by Gasteiger charge is 2.65. The first-order chi connectivity index (χ1) is 27.1. The topological polar surface area (TPSA) is 220 Å². The number of ether oxygens (including phenoxy) is 8. The Morgan fingerprint density at radius 2 is 1.71 bits per heavy atom. The van der Waals surface area contributed by atoms with Gasteiger partial charge in [0.25, 0.3) is 0 Å². The predicted octanol–water partition coefficient (Wildman–Crippen LogP) is 2.67. The smallest absolute Gasteiger partial charge is 0.311 e. The number of likely N-dealkylation sites (N-methyl/N-ethyl adjacent to an activating group) is 1. The average molecular weight is 829 g/mol. The number of cyclic esters (lactones) is 1. The Kier molecular flexibility index (Phi) is 15.2. The van der Waals surface area contributed by atoms with Gasteiger partial charge in [0.1, 0.15) is 42.7 Å². The van der Waals surface area contributed by atoms with Crippen LogP contribution in [0.1, 0.15) is 108 Å². The maximum Gasteiger partial charge on any atom is 0.311 e. The number of fused-ring (bicyclic) bond motifs is 1. The number of carbonyl (C=O) groups excluding carboxylic acids is 1. The number of nitrogens with zero attached hydrogens (tertiary/aromatic N) is 3. The van der Waals surface area contributed by atoms with Crippen molar-refractivity contribution in [1.29, 1.82) is 0 Å². The molecule has 5 heterocycles. The molecule has 4 saturated heterocycles. The third-order valence-corrected chi connectivity index (χ3v) is 13.4. The van der Waals surface area contributed by atoms with Gasteiger partial charge in [-0.25, -0.2) is 4.98 Å². The number of carbonyl (C=O) groups is 1. The quantitative estimate of drug-likeness (QED) is 0.160. The molecular formula is C41H72N4O13. The number of esters is 1. The van der Waals surface area contributed by atoms with Crippen molar-refractivity contribution in [1.82, 2.24) is 20.1 Å². The summed E-state index contributed by atoms with van der Waals surface area (Å²) in [6, 6.07) is -0.189. The SMILES string of the molecule is CC[C@H]1OC(=O)[C@H](C)[C@@H](O[C@@H]2C[C@@]3(OC)O[C@@H]3[C@@H](C)O2)[C@H](C)[C@@H](O[C@H]2O[C@@H](C)C[C@@H](N(C)C(C)C)[C@@H]2O)[C@](C)(O)C[C@@H](C)[C@H](OCc2ncn[nH]2)[C@H](C)[C@@H](O)[C@]1(C)O. The maximum absolute atomic E-state index is 14.4. The summed E-state index contributed by atoms with van der Waals surface area (Å²) in [5.41, 5.74) is -3.61. The van der Waals surface area contributed by atoms with Crippen molar-refractivity contribution in [3.8, 4) is 0 Å². The molecule has 17 heteroatoms. The zero-order valence-electron chi connectivity index (χ0n) is 36.7. The van der Waals surface area contributed by atoms with Crippen LogP contribution in [-0.4, -0.2) is 157 Å². The second-order valence-electron chi connectivity index (χ2n) is 18.3. The zero-order chi connectivity index (χ0) is 43.1. The van der Waals surface area contributed by atoms with Gasteiger partial charge in [0, 0.05) is 31.0 Å². The van der Waals surface area contributed by atoms with Crippen molar-refractivity contribution in [2.75, 3.05) is 14.2 Å². The molecule has 0 radical (unpaired) electrons. The summed E-state index contributed by atoms with van der Waals surface area (Å²) in [4.78, 5) is 20.6. The number of hydrogen-bond acceptors (Lipinski definition) is 16. The van der Waals surface area contributed by atoms with Crippen molar-refractivity contribution in [2.24, 2.45) is 23.7 Å². The Balaban J connectivity index is 1.59. The molecule has 5 N–H and O–H groups in total. The molecule has 0 spiro atoms. The Bertz CT molecular complexity index is 1470. The van der Waals surface area contributed by atoms with E-state index in [9.17, 15) is 25.2 Å². The number of rotatable bonds is 11. The molecule has 17 nitrogen and oxygen atoms in total. The summed E-state index contributed by atoms with van der Waals surface area (Å²) < 4.78 is 50.5. The van der Waals surface area contributed by atoms with Crippen molar-refractivity contribution < 1.29 is 63.1 Å². The van der Waals surface area contributed by atoms with Gasteiger partial charge in [-0.05, 0) is 80.7 Å². The minimum atomic E-state index is -1.91. The van der Waals surface area contributed by atoms with Gasteiger partial charge in [-0.1, -0.05) is 27.7 Å². The van der Waals surface area contributed by atoms with E-state index in [4.69, 9.17) is 37.9 Å². The zero-order valence-corrected chi connectivity index (χ0v) is 36.7. The molecule has 334 valence electrons. The maximum atomic E-state index is 14.4. The van der Waals surface area contributed by atoms with Crippen molar-refractivity contribution in [2.45, 2.75) is 205 Å². The van der Waals surface area contributed by atoms with E-state index < -0.39 is 95.8 Å². The lowest BCUT2D eigenvalue weighted by Gasteiger charge is -2.49. The van der Waals surface area contributed by atoms with Crippen LogP contribution in [0, 0.1) is 23.7 Å². The molecule has 4 aliphatic heterocycles. The highest BCUT2D eigenvalue weighted by atomic mass is 16.8. The van der Waals surface area contributed by atoms with E-state index >= 15 is 0 Å². The van der Waals surface area contributed by atoms with E-state index in [1.54, 1.807) is 34.8 Å². The van der Waals surface area contributed by atoms with E-state index in [0.717, 1.165) is 0 Å². The lowest BCUT2D eigenvalue weighted by atomic mass is 9.73. The average Bonchev–Trinajstić information content (AvgIpc) is 3.68. The summed E-state index contributed by atoms with van der Waals surface area (Å²) in [7, 11) is 3.52. The summed E-state index contributed by atoms with van der Waals surface area (Å²) >= 11 is 0. The Morgan fingerprint density at radius 3 is 2.31 bits per heavy atom. The number of aromatic amines is 1. The molecular weight excluding hydrogens is 756 g/mol. The summed E-state index contributed by atoms with van der Waals surface area (Å²) in [5.74, 6) is -4.17. The summed E-state index contributed by atoms with van der Waals surface area (Å²) in [5, 5.41) is 55.4. The largest absolute Gasteiger partial charge is 0.459 e. The van der Waals surface area contributed by atoms with Crippen molar-refractivity contribution >= 4 is 5.97 Å². The Morgan fingerprint density at radius 1 is 1.02 bits per heavy atom. The minimum absolute atomic E-state index is 0.00437. The van der Waals surface area contributed by atoms with Gasteiger partial charge in [-0.2, -0.15) is 5.10 Å². The molecule has 4 fully saturated rings. The lowest BCUT2D eigenvalue weighted by molar-refractivity contribution is -0.309. The monoisotopic (exact) mass is 829 g/mol. The molecule has 1 aromatic heterocycles. The van der Waals surface area contributed by atoms with Gasteiger partial charge in [-0.3, -0.25) is 14.8 Å². The van der Waals surface area contributed by atoms with Crippen LogP contribution in [0.2, 0.25) is 0 Å². The van der Waals surface area contributed by atoms with E-state index in [1.165, 1.54) is 13.3 Å². The third kappa shape index (κ3) is 9.92. The molecule has 1 aromatic rings. The van der Waals surface area contributed by atoms with Crippen LogP contribution in [0.5, 0.6) is 0 Å². The van der Waals surface area contributed by atoms with E-state index in [1.807, 2.05) is 34.7 Å².